The van der Waals surface area contributed by atoms with Crippen molar-refractivity contribution in [3.8, 4) is 5.19 Å². The second kappa shape index (κ2) is 6.35. The molecule has 0 unspecified atom stereocenters. The molecule has 1 amide bonds. The number of hydrogen-bond acceptors (Lipinski definition) is 5. The number of para-hydroxylation sites is 1. The summed E-state index contributed by atoms with van der Waals surface area (Å²) in [6, 6.07) is 7.98. The Morgan fingerprint density at radius 3 is 2.87 bits per heavy atom. The van der Waals surface area contributed by atoms with Crippen molar-refractivity contribution >= 4 is 27.6 Å². The van der Waals surface area contributed by atoms with Crippen LogP contribution in [-0.4, -0.2) is 40.8 Å². The highest BCUT2D eigenvalue weighted by molar-refractivity contribution is 7.20. The van der Waals surface area contributed by atoms with E-state index in [4.69, 9.17) is 9.47 Å². The number of ether oxygens (including phenoxy) is 2. The highest BCUT2D eigenvalue weighted by atomic mass is 32.1. The van der Waals surface area contributed by atoms with Gasteiger partial charge >= 0.3 is 6.09 Å². The summed E-state index contributed by atoms with van der Waals surface area (Å²) in [5.41, 5.74) is 0.477. The van der Waals surface area contributed by atoms with Gasteiger partial charge in [-0.3, -0.25) is 0 Å². The van der Waals surface area contributed by atoms with Crippen LogP contribution in [0.3, 0.4) is 0 Å². The third kappa shape index (κ3) is 4.13. The molecule has 0 radical (unpaired) electrons. The monoisotopic (exact) mass is 334 g/mol. The average molecular weight is 334 g/mol. The first-order valence-corrected chi connectivity index (χ1v) is 8.72. The van der Waals surface area contributed by atoms with Crippen molar-refractivity contribution < 1.29 is 14.3 Å². The number of carbonyl (C=O) groups excluding carboxylic acids is 1. The molecule has 1 saturated heterocycles. The van der Waals surface area contributed by atoms with Gasteiger partial charge in [0.05, 0.1) is 16.8 Å². The minimum atomic E-state index is -0.474. The highest BCUT2D eigenvalue weighted by Gasteiger charge is 2.29. The fourth-order valence-electron chi connectivity index (χ4n) is 2.57. The number of benzene rings is 1. The molecular formula is C17H22N2O3S. The zero-order valence-corrected chi connectivity index (χ0v) is 14.6. The lowest BCUT2D eigenvalue weighted by Crippen LogP contribution is -2.46. The normalized spacial score (nSPS) is 18.9. The first-order valence-electron chi connectivity index (χ1n) is 7.91. The van der Waals surface area contributed by atoms with Crippen LogP contribution >= 0.6 is 11.3 Å². The van der Waals surface area contributed by atoms with Crippen molar-refractivity contribution in [3.05, 3.63) is 24.3 Å². The van der Waals surface area contributed by atoms with Crippen molar-refractivity contribution in [2.24, 2.45) is 0 Å². The van der Waals surface area contributed by atoms with Gasteiger partial charge < -0.3 is 14.4 Å². The zero-order valence-electron chi connectivity index (χ0n) is 13.7. The van der Waals surface area contributed by atoms with Gasteiger partial charge in [-0.2, -0.15) is 0 Å². The molecule has 5 nitrogen and oxygen atoms in total. The molecule has 0 aliphatic carbocycles. The summed E-state index contributed by atoms with van der Waals surface area (Å²) in [5, 5.41) is 0.669. The van der Waals surface area contributed by atoms with Crippen LogP contribution in [0, 0.1) is 0 Å². The maximum absolute atomic E-state index is 12.2. The number of piperidine rings is 1. The molecule has 1 aromatic carbocycles. The van der Waals surface area contributed by atoms with E-state index in [0.29, 0.717) is 18.3 Å². The SMILES string of the molecule is CC(C)(C)OC(=O)N1CCC[C@H](Oc2nc3ccccc3s2)C1. The van der Waals surface area contributed by atoms with E-state index in [-0.39, 0.29) is 12.2 Å². The molecule has 0 spiro atoms. The summed E-state index contributed by atoms with van der Waals surface area (Å²) >= 11 is 1.54. The topological polar surface area (TPSA) is 51.7 Å². The average Bonchev–Trinajstić information content (AvgIpc) is 2.88. The number of rotatable bonds is 2. The lowest BCUT2D eigenvalue weighted by molar-refractivity contribution is 0.00776. The van der Waals surface area contributed by atoms with E-state index in [0.717, 1.165) is 23.1 Å². The molecule has 0 saturated carbocycles. The maximum Gasteiger partial charge on any atom is 0.410 e. The summed E-state index contributed by atoms with van der Waals surface area (Å²) in [6.07, 6.45) is 1.54. The van der Waals surface area contributed by atoms with Crippen molar-refractivity contribution in [2.75, 3.05) is 13.1 Å². The summed E-state index contributed by atoms with van der Waals surface area (Å²) in [7, 11) is 0. The third-order valence-electron chi connectivity index (χ3n) is 3.57. The van der Waals surface area contributed by atoms with Gasteiger partial charge in [0.25, 0.3) is 5.19 Å². The summed E-state index contributed by atoms with van der Waals surface area (Å²) in [6.45, 7) is 6.90. The Morgan fingerprint density at radius 2 is 2.13 bits per heavy atom. The largest absolute Gasteiger partial charge is 0.465 e. The molecule has 2 heterocycles. The Labute approximate surface area is 140 Å². The van der Waals surface area contributed by atoms with Gasteiger partial charge in [0, 0.05) is 6.54 Å². The first kappa shape index (κ1) is 16.1. The Kier molecular flexibility index (Phi) is 4.43. The van der Waals surface area contributed by atoms with E-state index in [1.54, 1.807) is 16.2 Å². The summed E-state index contributed by atoms with van der Waals surface area (Å²) in [5.74, 6) is 0. The van der Waals surface area contributed by atoms with Gasteiger partial charge in [0.2, 0.25) is 0 Å². The van der Waals surface area contributed by atoms with Crippen molar-refractivity contribution in [1.29, 1.82) is 0 Å². The molecule has 1 aliphatic heterocycles. The van der Waals surface area contributed by atoms with Crippen LogP contribution in [0.2, 0.25) is 0 Å². The van der Waals surface area contributed by atoms with Crippen LogP contribution in [0.5, 0.6) is 5.19 Å². The number of fused-ring (bicyclic) bond motifs is 1. The number of hydrogen-bond donors (Lipinski definition) is 0. The Morgan fingerprint density at radius 1 is 1.35 bits per heavy atom. The number of nitrogens with zero attached hydrogens (tertiary/aromatic N) is 2. The maximum atomic E-state index is 12.2. The number of aromatic nitrogens is 1. The Balaban J connectivity index is 1.63. The molecule has 1 atom stereocenters. The van der Waals surface area contributed by atoms with Crippen LogP contribution in [0.15, 0.2) is 24.3 Å². The number of carbonyl (C=O) groups is 1. The molecule has 23 heavy (non-hydrogen) atoms. The smallest absolute Gasteiger partial charge is 0.410 e. The molecule has 2 aromatic rings. The Bertz CT molecular complexity index is 659. The quantitative estimate of drug-likeness (QED) is 0.830. The molecule has 6 heteroatoms. The van der Waals surface area contributed by atoms with E-state index in [1.165, 1.54) is 0 Å². The molecule has 0 N–H and O–H groups in total. The van der Waals surface area contributed by atoms with Gasteiger partial charge in [0.1, 0.15) is 11.7 Å². The minimum Gasteiger partial charge on any atom is -0.465 e. The molecule has 0 bridgehead atoms. The number of likely N-dealkylation sites (tertiary alicyclic amines) is 1. The number of amides is 1. The van der Waals surface area contributed by atoms with Crippen LogP contribution in [-0.2, 0) is 4.74 Å². The second-order valence-corrected chi connectivity index (χ2v) is 7.75. The van der Waals surface area contributed by atoms with E-state index in [1.807, 2.05) is 45.0 Å². The van der Waals surface area contributed by atoms with E-state index < -0.39 is 5.60 Å². The highest BCUT2D eigenvalue weighted by Crippen LogP contribution is 2.29. The molecule has 1 aromatic heterocycles. The fraction of sp³-hybridized carbons (Fsp3) is 0.529. The van der Waals surface area contributed by atoms with E-state index in [2.05, 4.69) is 4.98 Å². The van der Waals surface area contributed by atoms with Crippen molar-refractivity contribution in [3.63, 3.8) is 0 Å². The lowest BCUT2D eigenvalue weighted by atomic mass is 10.1. The summed E-state index contributed by atoms with van der Waals surface area (Å²) < 4.78 is 12.6. The first-order chi connectivity index (χ1) is 10.9. The fourth-order valence-corrected chi connectivity index (χ4v) is 3.45. The van der Waals surface area contributed by atoms with Crippen LogP contribution in [0.1, 0.15) is 33.6 Å². The van der Waals surface area contributed by atoms with Crippen LogP contribution in [0.4, 0.5) is 4.79 Å². The van der Waals surface area contributed by atoms with E-state index in [9.17, 15) is 4.79 Å². The standard InChI is InChI=1S/C17H22N2O3S/c1-17(2,3)22-16(20)19-10-6-7-12(11-19)21-15-18-13-8-4-5-9-14(13)23-15/h4-5,8-9,12H,6-7,10-11H2,1-3H3/t12-/m0/s1. The minimum absolute atomic E-state index is 0.0307. The van der Waals surface area contributed by atoms with Crippen molar-refractivity contribution in [1.82, 2.24) is 9.88 Å². The lowest BCUT2D eigenvalue weighted by Gasteiger charge is -2.33. The van der Waals surface area contributed by atoms with Gasteiger partial charge in [0.15, 0.2) is 0 Å². The van der Waals surface area contributed by atoms with Crippen molar-refractivity contribution in [2.45, 2.75) is 45.3 Å². The number of thiazole rings is 1. The van der Waals surface area contributed by atoms with Crippen LogP contribution < -0.4 is 4.74 Å². The van der Waals surface area contributed by atoms with Gasteiger partial charge in [-0.1, -0.05) is 23.5 Å². The molecule has 1 aliphatic rings. The third-order valence-corrected chi connectivity index (χ3v) is 4.50. The van der Waals surface area contributed by atoms with Gasteiger partial charge in [-0.25, -0.2) is 9.78 Å². The predicted molar refractivity (Wildman–Crippen MR) is 91.1 cm³/mol. The van der Waals surface area contributed by atoms with Gasteiger partial charge in [-0.15, -0.1) is 0 Å². The molecule has 1 fully saturated rings. The van der Waals surface area contributed by atoms with Gasteiger partial charge in [-0.05, 0) is 45.7 Å². The molecular weight excluding hydrogens is 312 g/mol. The van der Waals surface area contributed by atoms with E-state index >= 15 is 0 Å². The zero-order chi connectivity index (χ0) is 16.4. The summed E-state index contributed by atoms with van der Waals surface area (Å²) in [4.78, 5) is 18.4. The molecule has 3 rings (SSSR count). The second-order valence-electron chi connectivity index (χ2n) is 6.76. The Hall–Kier alpha value is -1.82. The molecule has 124 valence electrons. The predicted octanol–water partition coefficient (Wildman–Crippen LogP) is 4.07. The van der Waals surface area contributed by atoms with Crippen LogP contribution in [0.25, 0.3) is 10.2 Å².